The van der Waals surface area contributed by atoms with Crippen LogP contribution in [0.15, 0.2) is 125 Å². The SMILES string of the molecule is COc1cc(O)cc(OC)c1[C@H]1C2=CC[C@@H]3C(=O)N(c4ccc(-c5nc6ccccc6o5)cc4)C(=O)[C@@H]3[C@@H]2C[C@H]2C(=O)N(Nc3ccc(F)cc3)C(=O)[C@@]12c1ccc(Cl)cc1. The second-order valence-electron chi connectivity index (χ2n) is 15.7. The fourth-order valence-electron chi connectivity index (χ4n) is 10.2. The molecular formula is C47H36ClFN4O8. The first kappa shape index (κ1) is 38.2. The van der Waals surface area contributed by atoms with E-state index < -0.39 is 58.5 Å². The summed E-state index contributed by atoms with van der Waals surface area (Å²) < 4.78 is 31.8. The fourth-order valence-corrected chi connectivity index (χ4v) is 10.3. The molecule has 6 aromatic rings. The summed E-state index contributed by atoms with van der Waals surface area (Å²) in [6.07, 6.45) is 2.10. The Kier molecular flexibility index (Phi) is 8.98. The predicted molar refractivity (Wildman–Crippen MR) is 222 cm³/mol. The number of benzene rings is 5. The Hall–Kier alpha value is -6.99. The minimum atomic E-state index is -1.70. The number of imide groups is 2. The quantitative estimate of drug-likeness (QED) is 0.113. The van der Waals surface area contributed by atoms with Crippen LogP contribution in [0.25, 0.3) is 22.6 Å². The molecule has 2 aliphatic heterocycles. The van der Waals surface area contributed by atoms with Crippen LogP contribution in [-0.2, 0) is 24.6 Å². The Balaban J connectivity index is 1.11. The number of allylic oxidation sites excluding steroid dienone is 2. The minimum absolute atomic E-state index is 0.0184. The van der Waals surface area contributed by atoms with Crippen molar-refractivity contribution in [3.63, 3.8) is 0 Å². The number of phenols is 1. The molecule has 0 unspecified atom stereocenters. The van der Waals surface area contributed by atoms with E-state index in [2.05, 4.69) is 10.4 Å². The standard InChI is InChI=1S/C47H36ClFN4O8/c1-59-37-21-30(54)22-38(60-2)40(37)41-31-19-20-32-39(45(57)52(43(32)55)29-17-7-24(8-18-29)42-50-35-5-3-4-6-36(35)61-42)33(31)23-34-44(56)53(51-28-15-13-27(49)14-16-28)46(58)47(34,41)25-9-11-26(48)12-10-25/h3-19,21-22,32-34,39,41,51,54H,20,23H2,1-2H3/t32-,33+,34-,39-,41+,47+/m0/s1. The van der Waals surface area contributed by atoms with Crippen molar-refractivity contribution in [2.75, 3.05) is 24.5 Å². The summed E-state index contributed by atoms with van der Waals surface area (Å²) in [4.78, 5) is 65.7. The summed E-state index contributed by atoms with van der Waals surface area (Å²) in [6.45, 7) is 0. The van der Waals surface area contributed by atoms with Gasteiger partial charge in [0.2, 0.25) is 17.7 Å². The van der Waals surface area contributed by atoms with Crippen molar-refractivity contribution in [3.8, 4) is 28.7 Å². The molecule has 2 aliphatic carbocycles. The molecule has 14 heteroatoms. The smallest absolute Gasteiger partial charge is 0.260 e. The van der Waals surface area contributed by atoms with E-state index in [0.717, 1.165) is 5.01 Å². The maximum Gasteiger partial charge on any atom is 0.260 e. The lowest BCUT2D eigenvalue weighted by molar-refractivity contribution is -0.138. The van der Waals surface area contributed by atoms with Gasteiger partial charge < -0.3 is 19.0 Å². The lowest BCUT2D eigenvalue weighted by atomic mass is 9.49. The number of oxazole rings is 1. The van der Waals surface area contributed by atoms with Gasteiger partial charge in [0.05, 0.1) is 48.8 Å². The number of carbonyl (C=O) groups excluding carboxylic acids is 4. The number of carbonyl (C=O) groups is 4. The van der Waals surface area contributed by atoms with Gasteiger partial charge in [0, 0.05) is 34.2 Å². The molecule has 3 heterocycles. The van der Waals surface area contributed by atoms with Gasteiger partial charge >= 0.3 is 0 Å². The van der Waals surface area contributed by atoms with Crippen molar-refractivity contribution in [3.05, 3.63) is 143 Å². The Morgan fingerprint density at radius 3 is 2.21 bits per heavy atom. The molecule has 3 fully saturated rings. The number of halogens is 2. The molecule has 0 bridgehead atoms. The molecule has 61 heavy (non-hydrogen) atoms. The number of methoxy groups -OCH3 is 2. The van der Waals surface area contributed by atoms with Crippen LogP contribution in [0, 0.1) is 29.5 Å². The van der Waals surface area contributed by atoms with Crippen LogP contribution in [0.3, 0.4) is 0 Å². The molecule has 4 aliphatic rings. The van der Waals surface area contributed by atoms with Crippen molar-refractivity contribution in [1.82, 2.24) is 9.99 Å². The predicted octanol–water partition coefficient (Wildman–Crippen LogP) is 8.20. The molecule has 1 aromatic heterocycles. The number of hydrogen-bond donors (Lipinski definition) is 2. The van der Waals surface area contributed by atoms with Gasteiger partial charge in [-0.1, -0.05) is 47.5 Å². The van der Waals surface area contributed by atoms with E-state index in [4.69, 9.17) is 25.5 Å². The molecule has 306 valence electrons. The highest BCUT2D eigenvalue weighted by Crippen LogP contribution is 2.66. The van der Waals surface area contributed by atoms with Gasteiger partial charge in [-0.25, -0.2) is 9.37 Å². The maximum absolute atomic E-state index is 15.6. The van der Waals surface area contributed by atoms with E-state index in [0.29, 0.717) is 50.0 Å². The normalized spacial score (nSPS) is 24.4. The molecular weight excluding hydrogens is 803 g/mol. The number of para-hydroxylation sites is 2. The van der Waals surface area contributed by atoms with Gasteiger partial charge in [0.1, 0.15) is 28.6 Å². The van der Waals surface area contributed by atoms with E-state index in [-0.39, 0.29) is 41.7 Å². The number of aromatic nitrogens is 1. The van der Waals surface area contributed by atoms with Crippen molar-refractivity contribution in [1.29, 1.82) is 0 Å². The highest BCUT2D eigenvalue weighted by Gasteiger charge is 2.71. The van der Waals surface area contributed by atoms with E-state index in [1.165, 1.54) is 55.5 Å². The second-order valence-corrected chi connectivity index (χ2v) is 16.1. The molecule has 5 aromatic carbocycles. The first-order valence-corrected chi connectivity index (χ1v) is 20.1. The first-order valence-electron chi connectivity index (χ1n) is 19.7. The third-order valence-corrected chi connectivity index (χ3v) is 13.0. The highest BCUT2D eigenvalue weighted by molar-refractivity contribution is 6.30. The van der Waals surface area contributed by atoms with Crippen LogP contribution in [0.1, 0.15) is 29.9 Å². The number of nitrogens with zero attached hydrogens (tertiary/aromatic N) is 3. The van der Waals surface area contributed by atoms with Gasteiger partial charge in [-0.2, -0.15) is 5.01 Å². The number of nitrogens with one attached hydrogen (secondary N) is 1. The number of ether oxygens (including phenoxy) is 2. The summed E-state index contributed by atoms with van der Waals surface area (Å²) in [5.41, 5.74) is 5.36. The summed E-state index contributed by atoms with van der Waals surface area (Å²) >= 11 is 6.43. The number of hydrogen-bond acceptors (Lipinski definition) is 10. The zero-order chi connectivity index (χ0) is 42.3. The molecule has 2 saturated heterocycles. The molecule has 0 spiro atoms. The van der Waals surface area contributed by atoms with Gasteiger partial charge in [0.25, 0.3) is 11.8 Å². The number of hydrazine groups is 1. The zero-order valence-corrected chi connectivity index (χ0v) is 33.4. The van der Waals surface area contributed by atoms with E-state index >= 15 is 9.59 Å². The average molecular weight is 839 g/mol. The molecule has 0 radical (unpaired) electrons. The van der Waals surface area contributed by atoms with E-state index in [1.54, 1.807) is 48.5 Å². The van der Waals surface area contributed by atoms with Crippen LogP contribution >= 0.6 is 11.6 Å². The molecule has 6 atom stereocenters. The number of phenolic OH excluding ortho intramolecular Hbond substituents is 1. The average Bonchev–Trinajstić information content (AvgIpc) is 3.89. The van der Waals surface area contributed by atoms with Crippen molar-refractivity contribution in [2.24, 2.45) is 23.7 Å². The van der Waals surface area contributed by atoms with Gasteiger partial charge in [-0.3, -0.25) is 29.5 Å². The third kappa shape index (κ3) is 5.74. The monoisotopic (exact) mass is 838 g/mol. The molecule has 12 nitrogen and oxygen atoms in total. The maximum atomic E-state index is 15.6. The molecule has 1 saturated carbocycles. The van der Waals surface area contributed by atoms with E-state index in [1.807, 2.05) is 30.3 Å². The number of fused-ring (bicyclic) bond motifs is 5. The van der Waals surface area contributed by atoms with Crippen molar-refractivity contribution >= 4 is 57.7 Å². The van der Waals surface area contributed by atoms with Crippen LogP contribution in [0.4, 0.5) is 15.8 Å². The van der Waals surface area contributed by atoms with Gasteiger partial charge in [-0.15, -0.1) is 0 Å². The number of anilines is 2. The Labute approximate surface area is 353 Å². The van der Waals surface area contributed by atoms with Crippen LogP contribution in [0.5, 0.6) is 17.2 Å². The van der Waals surface area contributed by atoms with Crippen LogP contribution in [0.2, 0.25) is 5.02 Å². The molecule has 4 amide bonds. The van der Waals surface area contributed by atoms with Crippen LogP contribution in [-0.4, -0.2) is 52.9 Å². The Morgan fingerprint density at radius 2 is 1.54 bits per heavy atom. The van der Waals surface area contributed by atoms with Crippen molar-refractivity contribution < 1.29 is 42.6 Å². The number of amides is 4. The lowest BCUT2D eigenvalue weighted by Crippen LogP contribution is -2.53. The summed E-state index contributed by atoms with van der Waals surface area (Å²) in [6, 6.07) is 29.0. The highest BCUT2D eigenvalue weighted by atomic mass is 35.5. The summed E-state index contributed by atoms with van der Waals surface area (Å²) in [5, 5.41) is 12.2. The molecule has 2 N–H and O–H groups in total. The van der Waals surface area contributed by atoms with Gasteiger partial charge in [0.15, 0.2) is 5.58 Å². The largest absolute Gasteiger partial charge is 0.508 e. The van der Waals surface area contributed by atoms with Crippen molar-refractivity contribution in [2.45, 2.75) is 24.2 Å². The third-order valence-electron chi connectivity index (χ3n) is 12.7. The Morgan fingerprint density at radius 1 is 0.852 bits per heavy atom. The summed E-state index contributed by atoms with van der Waals surface area (Å²) in [5.74, 6) is -6.44. The minimum Gasteiger partial charge on any atom is -0.508 e. The topological polar surface area (TPSA) is 152 Å². The van der Waals surface area contributed by atoms with Crippen LogP contribution < -0.4 is 19.8 Å². The van der Waals surface area contributed by atoms with E-state index in [9.17, 15) is 19.1 Å². The first-order chi connectivity index (χ1) is 29.5. The zero-order valence-electron chi connectivity index (χ0n) is 32.7. The summed E-state index contributed by atoms with van der Waals surface area (Å²) in [7, 11) is 2.85. The number of aromatic hydroxyl groups is 1. The number of rotatable bonds is 8. The Bertz CT molecular complexity index is 2770. The van der Waals surface area contributed by atoms with Gasteiger partial charge in [-0.05, 0) is 97.1 Å². The molecule has 10 rings (SSSR count). The fraction of sp³-hybridized carbons (Fsp3) is 0.213. The lowest BCUT2D eigenvalue weighted by Gasteiger charge is -2.51. The second kappa shape index (κ2) is 14.3.